The fraction of sp³-hybridized carbons (Fsp3) is 0.0476. The average molecular weight is 396 g/mol. The van der Waals surface area contributed by atoms with Crippen molar-refractivity contribution in [2.75, 3.05) is 4.90 Å². The molecule has 3 aromatic rings. The van der Waals surface area contributed by atoms with Gasteiger partial charge in [0.1, 0.15) is 11.5 Å². The zero-order chi connectivity index (χ0) is 19.0. The van der Waals surface area contributed by atoms with E-state index in [0.29, 0.717) is 27.1 Å². The fourth-order valence-electron chi connectivity index (χ4n) is 2.85. The smallest absolute Gasteiger partial charge is 0.298 e. The number of anilines is 1. The summed E-state index contributed by atoms with van der Waals surface area (Å²) in [6.45, 7) is 1.87. The molecular weight excluding hydrogens is 382 g/mol. The summed E-state index contributed by atoms with van der Waals surface area (Å²) >= 11 is 6.92. The Morgan fingerprint density at radius 3 is 2.63 bits per heavy atom. The highest BCUT2D eigenvalue weighted by Gasteiger charge is 2.37. The van der Waals surface area contributed by atoms with Crippen LogP contribution in [-0.2, 0) is 4.79 Å². The van der Waals surface area contributed by atoms with Crippen molar-refractivity contribution in [1.82, 2.24) is 0 Å². The number of thioether (sulfide) groups is 1. The van der Waals surface area contributed by atoms with E-state index in [-0.39, 0.29) is 11.1 Å². The van der Waals surface area contributed by atoms with Gasteiger partial charge in [-0.1, -0.05) is 41.9 Å². The number of benzene rings is 2. The van der Waals surface area contributed by atoms with Gasteiger partial charge in [0, 0.05) is 16.7 Å². The monoisotopic (exact) mass is 395 g/mol. The van der Waals surface area contributed by atoms with Gasteiger partial charge in [0.2, 0.25) is 0 Å². The lowest BCUT2D eigenvalue weighted by Crippen LogP contribution is -2.28. The summed E-state index contributed by atoms with van der Waals surface area (Å²) in [7, 11) is 0. The molecule has 0 spiro atoms. The molecule has 0 unspecified atom stereocenters. The van der Waals surface area contributed by atoms with E-state index >= 15 is 0 Å². The average Bonchev–Trinajstić information content (AvgIpc) is 3.21. The molecule has 0 saturated carbocycles. The number of nitrogens with zero attached hydrogens (tertiary/aromatic N) is 1. The number of aryl methyl sites for hydroxylation is 1. The zero-order valence-electron chi connectivity index (χ0n) is 14.3. The number of para-hydroxylation sites is 1. The van der Waals surface area contributed by atoms with Crippen molar-refractivity contribution < 1.29 is 14.0 Å². The Morgan fingerprint density at radius 1 is 1.04 bits per heavy atom. The van der Waals surface area contributed by atoms with Crippen LogP contribution in [0.1, 0.15) is 11.3 Å². The molecule has 0 radical (unpaired) electrons. The number of imide groups is 1. The quantitative estimate of drug-likeness (QED) is 0.499. The summed E-state index contributed by atoms with van der Waals surface area (Å²) < 4.78 is 5.80. The minimum Gasteiger partial charge on any atom is -0.457 e. The topological polar surface area (TPSA) is 50.5 Å². The zero-order valence-corrected chi connectivity index (χ0v) is 15.9. The summed E-state index contributed by atoms with van der Waals surface area (Å²) in [5.41, 5.74) is 2.31. The Hall–Kier alpha value is -2.76. The van der Waals surface area contributed by atoms with Crippen molar-refractivity contribution >= 4 is 46.3 Å². The lowest BCUT2D eigenvalue weighted by atomic mass is 10.2. The number of hydrogen-bond acceptors (Lipinski definition) is 4. The van der Waals surface area contributed by atoms with Crippen molar-refractivity contribution in [3.63, 3.8) is 0 Å². The van der Waals surface area contributed by atoms with Gasteiger partial charge in [-0.15, -0.1) is 0 Å². The van der Waals surface area contributed by atoms with E-state index < -0.39 is 0 Å². The molecule has 0 atom stereocenters. The summed E-state index contributed by atoms with van der Waals surface area (Å²) in [6, 6.07) is 18.2. The van der Waals surface area contributed by atoms with Gasteiger partial charge in [0.15, 0.2) is 0 Å². The van der Waals surface area contributed by atoms with Crippen LogP contribution in [0.3, 0.4) is 0 Å². The maximum atomic E-state index is 12.8. The predicted octanol–water partition coefficient (Wildman–Crippen LogP) is 6.15. The Bertz CT molecular complexity index is 1090. The standard InChI is InChI=1S/C21H14ClNO3S/c1-13-5-2-3-8-17(13)23-20(24)19(27-21(23)25)12-16-9-10-18(26-16)14-6-4-7-15(22)11-14/h2-12H,1H3/b19-12+. The summed E-state index contributed by atoms with van der Waals surface area (Å²) in [4.78, 5) is 26.7. The SMILES string of the molecule is Cc1ccccc1N1C(=O)S/C(=C/c2ccc(-c3cccc(Cl)c3)o2)C1=O. The number of hydrogen-bond donors (Lipinski definition) is 0. The molecule has 4 rings (SSSR count). The molecule has 1 aliphatic heterocycles. The molecule has 0 aliphatic carbocycles. The van der Waals surface area contributed by atoms with Gasteiger partial charge in [0.25, 0.3) is 11.1 Å². The van der Waals surface area contributed by atoms with Crippen molar-refractivity contribution in [2.24, 2.45) is 0 Å². The second kappa shape index (κ2) is 7.10. The fourth-order valence-corrected chi connectivity index (χ4v) is 3.85. The number of halogens is 1. The summed E-state index contributed by atoms with van der Waals surface area (Å²) in [5.74, 6) is 0.794. The van der Waals surface area contributed by atoms with Gasteiger partial charge in [0.05, 0.1) is 10.6 Å². The molecule has 134 valence electrons. The molecular formula is C21H14ClNO3S. The van der Waals surface area contributed by atoms with E-state index in [2.05, 4.69) is 0 Å². The molecule has 1 saturated heterocycles. The lowest BCUT2D eigenvalue weighted by molar-refractivity contribution is -0.113. The van der Waals surface area contributed by atoms with E-state index in [1.54, 1.807) is 36.4 Å². The lowest BCUT2D eigenvalue weighted by Gasteiger charge is -2.14. The molecule has 2 heterocycles. The second-order valence-electron chi connectivity index (χ2n) is 6.02. The van der Waals surface area contributed by atoms with Crippen LogP contribution < -0.4 is 4.90 Å². The largest absolute Gasteiger partial charge is 0.457 e. The Labute approximate surface area is 165 Å². The summed E-state index contributed by atoms with van der Waals surface area (Å²) in [5, 5.41) is 0.298. The van der Waals surface area contributed by atoms with Gasteiger partial charge in [-0.25, -0.2) is 4.90 Å². The first-order chi connectivity index (χ1) is 13.0. The van der Waals surface area contributed by atoms with Gasteiger partial charge in [-0.2, -0.15) is 0 Å². The van der Waals surface area contributed by atoms with Crippen molar-refractivity contribution in [1.29, 1.82) is 0 Å². The molecule has 2 amide bonds. The van der Waals surface area contributed by atoms with Gasteiger partial charge in [-0.3, -0.25) is 9.59 Å². The molecule has 0 N–H and O–H groups in total. The minimum absolute atomic E-state index is 0.317. The molecule has 1 aliphatic rings. The minimum atomic E-state index is -0.347. The molecule has 1 fully saturated rings. The molecule has 27 heavy (non-hydrogen) atoms. The van der Waals surface area contributed by atoms with Crippen LogP contribution in [0.5, 0.6) is 0 Å². The summed E-state index contributed by atoms with van der Waals surface area (Å²) in [6.07, 6.45) is 1.59. The first kappa shape index (κ1) is 17.6. The second-order valence-corrected chi connectivity index (χ2v) is 7.45. The van der Waals surface area contributed by atoms with Gasteiger partial charge in [-0.05, 0) is 54.6 Å². The highest BCUT2D eigenvalue weighted by atomic mass is 35.5. The van der Waals surface area contributed by atoms with Gasteiger partial charge < -0.3 is 4.42 Å². The molecule has 4 nitrogen and oxygen atoms in total. The van der Waals surface area contributed by atoms with Crippen molar-refractivity contribution in [3.05, 3.63) is 81.9 Å². The Morgan fingerprint density at radius 2 is 1.85 bits per heavy atom. The van der Waals surface area contributed by atoms with Crippen LogP contribution in [0.4, 0.5) is 10.5 Å². The maximum Gasteiger partial charge on any atom is 0.298 e. The highest BCUT2D eigenvalue weighted by molar-refractivity contribution is 8.19. The van der Waals surface area contributed by atoms with E-state index in [0.717, 1.165) is 22.9 Å². The third-order valence-corrected chi connectivity index (χ3v) is 5.26. The van der Waals surface area contributed by atoms with E-state index in [9.17, 15) is 9.59 Å². The Kier molecular flexibility index (Phi) is 4.64. The van der Waals surface area contributed by atoms with Crippen LogP contribution in [0.15, 0.2) is 70.0 Å². The number of amides is 2. The molecule has 1 aromatic heterocycles. The molecule has 0 bridgehead atoms. The van der Waals surface area contributed by atoms with Crippen molar-refractivity contribution in [3.8, 4) is 11.3 Å². The van der Waals surface area contributed by atoms with Crippen LogP contribution in [0.2, 0.25) is 5.02 Å². The normalized spacial score (nSPS) is 15.8. The third kappa shape index (κ3) is 3.44. The van der Waals surface area contributed by atoms with Gasteiger partial charge >= 0.3 is 0 Å². The maximum absolute atomic E-state index is 12.8. The molecule has 2 aromatic carbocycles. The van der Waals surface area contributed by atoms with Crippen molar-refractivity contribution in [2.45, 2.75) is 6.92 Å². The number of carbonyl (C=O) groups is 2. The first-order valence-electron chi connectivity index (χ1n) is 8.22. The van der Waals surface area contributed by atoms with Crippen LogP contribution >= 0.6 is 23.4 Å². The third-order valence-electron chi connectivity index (χ3n) is 4.16. The number of furan rings is 1. The predicted molar refractivity (Wildman–Crippen MR) is 109 cm³/mol. The van der Waals surface area contributed by atoms with E-state index in [4.69, 9.17) is 16.0 Å². The highest BCUT2D eigenvalue weighted by Crippen LogP contribution is 2.37. The molecule has 6 heteroatoms. The van der Waals surface area contributed by atoms with Crippen LogP contribution in [-0.4, -0.2) is 11.1 Å². The van der Waals surface area contributed by atoms with E-state index in [1.165, 1.54) is 4.90 Å². The number of carbonyl (C=O) groups excluding carboxylic acids is 2. The number of rotatable bonds is 3. The Balaban J connectivity index is 1.63. The van der Waals surface area contributed by atoms with Crippen LogP contribution in [0, 0.1) is 6.92 Å². The van der Waals surface area contributed by atoms with Crippen LogP contribution in [0.25, 0.3) is 17.4 Å². The van der Waals surface area contributed by atoms with E-state index in [1.807, 2.05) is 37.3 Å². The first-order valence-corrected chi connectivity index (χ1v) is 9.42.